The number of fused-ring (bicyclic) bond motifs is 1. The third-order valence-corrected chi connectivity index (χ3v) is 5.64. The van der Waals surface area contributed by atoms with Gasteiger partial charge in [0.05, 0.1) is 13.5 Å². The summed E-state index contributed by atoms with van der Waals surface area (Å²) in [5.74, 6) is 2.19. The molecule has 1 aliphatic carbocycles. The summed E-state index contributed by atoms with van der Waals surface area (Å²) in [7, 11) is 3.52. The van der Waals surface area contributed by atoms with Crippen molar-refractivity contribution in [2.75, 3.05) is 24.9 Å². The molecule has 3 atom stereocenters. The van der Waals surface area contributed by atoms with E-state index in [0.717, 1.165) is 30.7 Å². The van der Waals surface area contributed by atoms with Crippen LogP contribution in [-0.4, -0.2) is 43.4 Å². The van der Waals surface area contributed by atoms with Crippen LogP contribution < -0.4 is 14.4 Å². The molecule has 1 aliphatic heterocycles. The van der Waals surface area contributed by atoms with Crippen molar-refractivity contribution in [1.82, 2.24) is 0 Å². The standard InChI is InChI=1S/C22H28ClNO5/c1-24(17-14-22(26)28-18-8-4-3-7-16(17)18)15-10-11-19(27-2)20(13-15)29-21(25)9-5-6-12-23/h3-4,8,10-11,13,16-17,21,25H,5-7,9,12,14H2,1-2H3. The lowest BCUT2D eigenvalue weighted by atomic mass is 9.86. The van der Waals surface area contributed by atoms with Crippen molar-refractivity contribution in [3.8, 4) is 11.5 Å². The Kier molecular flexibility index (Phi) is 7.45. The fourth-order valence-electron chi connectivity index (χ4n) is 3.76. The molecule has 3 rings (SSSR count). The van der Waals surface area contributed by atoms with Crippen LogP contribution in [0.15, 0.2) is 42.2 Å². The van der Waals surface area contributed by atoms with E-state index in [1.54, 1.807) is 7.11 Å². The summed E-state index contributed by atoms with van der Waals surface area (Å²) >= 11 is 5.69. The van der Waals surface area contributed by atoms with Crippen molar-refractivity contribution >= 4 is 23.3 Å². The van der Waals surface area contributed by atoms with Crippen LogP contribution in [0.1, 0.15) is 32.1 Å². The molecule has 7 heteroatoms. The van der Waals surface area contributed by atoms with Crippen LogP contribution in [0.2, 0.25) is 0 Å². The van der Waals surface area contributed by atoms with Gasteiger partial charge in [0.1, 0.15) is 5.76 Å². The smallest absolute Gasteiger partial charge is 0.312 e. The first kappa shape index (κ1) is 21.5. The van der Waals surface area contributed by atoms with Crippen molar-refractivity contribution in [2.45, 2.75) is 44.4 Å². The van der Waals surface area contributed by atoms with E-state index in [0.29, 0.717) is 30.2 Å². The van der Waals surface area contributed by atoms with E-state index in [1.807, 2.05) is 37.4 Å². The highest BCUT2D eigenvalue weighted by Crippen LogP contribution is 2.38. The van der Waals surface area contributed by atoms with Gasteiger partial charge < -0.3 is 24.2 Å². The SMILES string of the molecule is COc1ccc(N(C)C2CC(=O)OC3=CC=CCC32)cc1OC(O)CCCCCl. The monoisotopic (exact) mass is 421 g/mol. The normalized spacial score (nSPS) is 21.7. The second kappa shape index (κ2) is 10.0. The third kappa shape index (κ3) is 5.25. The number of carbonyl (C=O) groups is 1. The van der Waals surface area contributed by atoms with Crippen molar-refractivity contribution in [2.24, 2.45) is 5.92 Å². The van der Waals surface area contributed by atoms with E-state index < -0.39 is 6.29 Å². The fraction of sp³-hybridized carbons (Fsp3) is 0.500. The number of ether oxygens (including phenoxy) is 3. The number of allylic oxidation sites excluding steroid dienone is 3. The summed E-state index contributed by atoms with van der Waals surface area (Å²) in [6.45, 7) is 0. The molecule has 0 aromatic heterocycles. The van der Waals surface area contributed by atoms with Crippen LogP contribution in [0.3, 0.4) is 0 Å². The van der Waals surface area contributed by atoms with Gasteiger partial charge in [0.25, 0.3) is 0 Å². The van der Waals surface area contributed by atoms with Gasteiger partial charge >= 0.3 is 5.97 Å². The maximum absolute atomic E-state index is 12.1. The van der Waals surface area contributed by atoms with Gasteiger partial charge in [-0.2, -0.15) is 0 Å². The number of aliphatic hydroxyl groups excluding tert-OH is 1. The average Bonchev–Trinajstić information content (AvgIpc) is 2.72. The average molecular weight is 422 g/mol. The topological polar surface area (TPSA) is 68.2 Å². The molecule has 1 aromatic rings. The lowest BCUT2D eigenvalue weighted by Gasteiger charge is -2.40. The third-order valence-electron chi connectivity index (χ3n) is 5.37. The Morgan fingerprint density at radius 2 is 2.17 bits per heavy atom. The molecule has 1 heterocycles. The largest absolute Gasteiger partial charge is 0.493 e. The molecule has 1 aromatic carbocycles. The van der Waals surface area contributed by atoms with Gasteiger partial charge in [-0.15, -0.1) is 11.6 Å². The molecular weight excluding hydrogens is 394 g/mol. The zero-order valence-corrected chi connectivity index (χ0v) is 17.6. The van der Waals surface area contributed by atoms with Crippen LogP contribution in [-0.2, 0) is 9.53 Å². The van der Waals surface area contributed by atoms with Gasteiger partial charge in [-0.05, 0) is 37.5 Å². The molecule has 158 valence electrons. The van der Waals surface area contributed by atoms with Gasteiger partial charge in [0.2, 0.25) is 0 Å². The molecule has 0 amide bonds. The Labute approximate surface area is 176 Å². The van der Waals surface area contributed by atoms with E-state index in [4.69, 9.17) is 25.8 Å². The number of hydrogen-bond acceptors (Lipinski definition) is 6. The molecule has 1 N–H and O–H groups in total. The lowest BCUT2D eigenvalue weighted by molar-refractivity contribution is -0.144. The molecule has 0 radical (unpaired) electrons. The highest BCUT2D eigenvalue weighted by Gasteiger charge is 2.37. The molecule has 2 aliphatic rings. The van der Waals surface area contributed by atoms with E-state index >= 15 is 0 Å². The number of hydrogen-bond donors (Lipinski definition) is 1. The van der Waals surface area contributed by atoms with Gasteiger partial charge in [0, 0.05) is 43.1 Å². The lowest BCUT2D eigenvalue weighted by Crippen LogP contribution is -2.45. The van der Waals surface area contributed by atoms with Gasteiger partial charge in [-0.25, -0.2) is 0 Å². The summed E-state index contributed by atoms with van der Waals surface area (Å²) in [6.07, 6.45) is 8.18. The molecule has 0 bridgehead atoms. The minimum absolute atomic E-state index is 0.0256. The first-order chi connectivity index (χ1) is 14.0. The summed E-state index contributed by atoms with van der Waals surface area (Å²) < 4.78 is 16.5. The van der Waals surface area contributed by atoms with Crippen molar-refractivity contribution in [1.29, 1.82) is 0 Å². The van der Waals surface area contributed by atoms with E-state index in [1.165, 1.54) is 0 Å². The second-order valence-electron chi connectivity index (χ2n) is 7.29. The molecule has 0 saturated carbocycles. The van der Waals surface area contributed by atoms with Crippen molar-refractivity contribution in [3.05, 3.63) is 42.2 Å². The van der Waals surface area contributed by atoms with Crippen LogP contribution in [0.5, 0.6) is 11.5 Å². The molecule has 1 fully saturated rings. The van der Waals surface area contributed by atoms with E-state index in [2.05, 4.69) is 11.0 Å². The molecule has 0 spiro atoms. The number of nitrogens with zero attached hydrogens (tertiary/aromatic N) is 1. The Morgan fingerprint density at radius 3 is 2.93 bits per heavy atom. The summed E-state index contributed by atoms with van der Waals surface area (Å²) in [6, 6.07) is 5.55. The quantitative estimate of drug-likeness (QED) is 0.281. The van der Waals surface area contributed by atoms with E-state index in [-0.39, 0.29) is 17.9 Å². The predicted molar refractivity (Wildman–Crippen MR) is 112 cm³/mol. The fourth-order valence-corrected chi connectivity index (χ4v) is 3.95. The summed E-state index contributed by atoms with van der Waals surface area (Å²) in [5, 5.41) is 10.2. The van der Waals surface area contributed by atoms with Crippen LogP contribution >= 0.6 is 11.6 Å². The number of carbonyl (C=O) groups excluding carboxylic acids is 1. The van der Waals surface area contributed by atoms with Crippen molar-refractivity contribution in [3.63, 3.8) is 0 Å². The Bertz CT molecular complexity index is 778. The van der Waals surface area contributed by atoms with Crippen LogP contribution in [0, 0.1) is 5.92 Å². The summed E-state index contributed by atoms with van der Waals surface area (Å²) in [5.41, 5.74) is 0.877. The Balaban J connectivity index is 1.78. The number of halogens is 1. The summed E-state index contributed by atoms with van der Waals surface area (Å²) in [4.78, 5) is 14.2. The van der Waals surface area contributed by atoms with Crippen molar-refractivity contribution < 1.29 is 24.1 Å². The maximum atomic E-state index is 12.1. The van der Waals surface area contributed by atoms with Crippen LogP contribution in [0.4, 0.5) is 5.69 Å². The van der Waals surface area contributed by atoms with Gasteiger partial charge in [-0.3, -0.25) is 4.79 Å². The number of aliphatic hydroxyl groups is 1. The number of methoxy groups -OCH3 is 1. The zero-order chi connectivity index (χ0) is 20.8. The zero-order valence-electron chi connectivity index (χ0n) is 16.8. The van der Waals surface area contributed by atoms with Crippen LogP contribution in [0.25, 0.3) is 0 Å². The van der Waals surface area contributed by atoms with Gasteiger partial charge in [0.15, 0.2) is 17.8 Å². The minimum atomic E-state index is -0.935. The number of unbranched alkanes of at least 4 members (excludes halogenated alkanes) is 1. The molecule has 29 heavy (non-hydrogen) atoms. The first-order valence-corrected chi connectivity index (χ1v) is 10.5. The van der Waals surface area contributed by atoms with E-state index in [9.17, 15) is 9.90 Å². The molecule has 3 unspecified atom stereocenters. The Hall–Kier alpha value is -2.18. The molecule has 1 saturated heterocycles. The molecule has 6 nitrogen and oxygen atoms in total. The predicted octanol–water partition coefficient (Wildman–Crippen LogP) is 4.01. The maximum Gasteiger partial charge on any atom is 0.312 e. The van der Waals surface area contributed by atoms with Gasteiger partial charge in [-0.1, -0.05) is 12.2 Å². The number of benzene rings is 1. The molecular formula is C22H28ClNO5. The first-order valence-electron chi connectivity index (χ1n) is 9.92. The number of anilines is 1. The number of esters is 1. The number of alkyl halides is 1. The highest BCUT2D eigenvalue weighted by atomic mass is 35.5. The Morgan fingerprint density at radius 1 is 1.34 bits per heavy atom. The highest BCUT2D eigenvalue weighted by molar-refractivity contribution is 6.17. The minimum Gasteiger partial charge on any atom is -0.493 e. The number of rotatable bonds is 9. The second-order valence-corrected chi connectivity index (χ2v) is 7.67.